The molecule has 0 N–H and O–H groups in total. The molecule has 0 aromatic rings. The monoisotopic (exact) mass is 148 g/mol. The first kappa shape index (κ1) is 7.36. The van der Waals surface area contributed by atoms with Crippen molar-refractivity contribution in [2.75, 3.05) is 7.11 Å². The van der Waals surface area contributed by atoms with Gasteiger partial charge < -0.3 is 4.74 Å². The zero-order chi connectivity index (χ0) is 6.69. The molecule has 0 radical (unpaired) electrons. The van der Waals surface area contributed by atoms with E-state index in [0.717, 1.165) is 12.8 Å². The van der Waals surface area contributed by atoms with Gasteiger partial charge in [-0.05, 0) is 12.8 Å². The third-order valence-corrected chi connectivity index (χ3v) is 2.42. The van der Waals surface area contributed by atoms with Crippen LogP contribution in [0.4, 0.5) is 0 Å². The van der Waals surface area contributed by atoms with Crippen LogP contribution in [-0.2, 0) is 4.74 Å². The van der Waals surface area contributed by atoms with Crippen LogP contribution in [0.15, 0.2) is 0 Å². The molecule has 1 fully saturated rings. The Labute approximate surface area is 61.3 Å². The summed E-state index contributed by atoms with van der Waals surface area (Å²) in [6.07, 6.45) is 5.14. The largest absolute Gasteiger partial charge is 0.380 e. The molecular weight excluding hydrogens is 136 g/mol. The molecule has 1 aliphatic carbocycles. The molecule has 9 heavy (non-hydrogen) atoms. The minimum absolute atomic E-state index is 0.267. The molecule has 54 valence electrons. The number of hydrogen-bond acceptors (Lipinski definition) is 1. The van der Waals surface area contributed by atoms with E-state index in [0.29, 0.717) is 6.10 Å². The molecule has 0 aliphatic heterocycles. The van der Waals surface area contributed by atoms with E-state index in [4.69, 9.17) is 16.3 Å². The molecule has 0 spiro atoms. The van der Waals surface area contributed by atoms with E-state index in [1.54, 1.807) is 7.11 Å². The number of alkyl halides is 1. The Morgan fingerprint density at radius 2 is 2.00 bits per heavy atom. The number of methoxy groups -OCH3 is 1. The molecule has 1 saturated carbocycles. The van der Waals surface area contributed by atoms with Crippen molar-refractivity contribution in [3.63, 3.8) is 0 Å². The molecule has 1 nitrogen and oxygen atoms in total. The van der Waals surface area contributed by atoms with Gasteiger partial charge in [-0.15, -0.1) is 11.6 Å². The first-order valence-electron chi connectivity index (χ1n) is 3.51. The summed E-state index contributed by atoms with van der Waals surface area (Å²) in [6.45, 7) is 0. The van der Waals surface area contributed by atoms with E-state index in [9.17, 15) is 0 Å². The van der Waals surface area contributed by atoms with Gasteiger partial charge in [0, 0.05) is 7.11 Å². The van der Waals surface area contributed by atoms with Crippen molar-refractivity contribution in [1.82, 2.24) is 0 Å². The summed E-state index contributed by atoms with van der Waals surface area (Å²) < 4.78 is 5.17. The van der Waals surface area contributed by atoms with Crippen LogP contribution < -0.4 is 0 Å². The highest BCUT2D eigenvalue weighted by atomic mass is 35.5. The first-order chi connectivity index (χ1) is 4.34. The molecule has 0 unspecified atom stereocenters. The molecule has 0 saturated heterocycles. The molecule has 1 rings (SSSR count). The van der Waals surface area contributed by atoms with Crippen molar-refractivity contribution in [3.05, 3.63) is 0 Å². The Kier molecular flexibility index (Phi) is 2.80. The number of hydrogen-bond donors (Lipinski definition) is 0. The number of halogens is 1. The summed E-state index contributed by atoms with van der Waals surface area (Å²) >= 11 is 5.96. The third kappa shape index (κ3) is 1.84. The lowest BCUT2D eigenvalue weighted by atomic mass is 9.97. The standard InChI is InChI=1S/C7H13ClO/c1-9-7-5-3-2-4-6(7)8/h6-7H,2-5H2,1H3/t6-,7+/m1/s1. The van der Waals surface area contributed by atoms with Crippen LogP contribution in [0.1, 0.15) is 25.7 Å². The van der Waals surface area contributed by atoms with Crippen LogP contribution in [0.2, 0.25) is 0 Å². The van der Waals surface area contributed by atoms with E-state index in [-0.39, 0.29) is 5.38 Å². The van der Waals surface area contributed by atoms with Gasteiger partial charge in [-0.3, -0.25) is 0 Å². The van der Waals surface area contributed by atoms with E-state index in [1.807, 2.05) is 0 Å². The smallest absolute Gasteiger partial charge is 0.0734 e. The van der Waals surface area contributed by atoms with Crippen LogP contribution in [0.3, 0.4) is 0 Å². The van der Waals surface area contributed by atoms with Gasteiger partial charge in [0.25, 0.3) is 0 Å². The SMILES string of the molecule is CO[C@H]1CCCC[C@H]1Cl. The predicted molar refractivity (Wildman–Crippen MR) is 38.9 cm³/mol. The first-order valence-corrected chi connectivity index (χ1v) is 3.95. The van der Waals surface area contributed by atoms with Crippen molar-refractivity contribution in [1.29, 1.82) is 0 Å². The fourth-order valence-electron chi connectivity index (χ4n) is 1.32. The Bertz CT molecular complexity index is 85.0. The van der Waals surface area contributed by atoms with Crippen molar-refractivity contribution in [2.24, 2.45) is 0 Å². The molecule has 0 amide bonds. The van der Waals surface area contributed by atoms with E-state index in [2.05, 4.69) is 0 Å². The molecule has 0 aromatic heterocycles. The summed E-state index contributed by atoms with van der Waals surface area (Å²) in [4.78, 5) is 0. The van der Waals surface area contributed by atoms with E-state index in [1.165, 1.54) is 12.8 Å². The number of rotatable bonds is 1. The second-order valence-electron chi connectivity index (χ2n) is 2.57. The molecule has 2 atom stereocenters. The zero-order valence-corrected chi connectivity index (χ0v) is 6.53. The Morgan fingerprint density at radius 3 is 2.44 bits per heavy atom. The molecule has 0 heterocycles. The van der Waals surface area contributed by atoms with Crippen LogP contribution in [0, 0.1) is 0 Å². The maximum Gasteiger partial charge on any atom is 0.0734 e. The highest BCUT2D eigenvalue weighted by molar-refractivity contribution is 6.21. The van der Waals surface area contributed by atoms with Crippen LogP contribution in [0.25, 0.3) is 0 Å². The normalized spacial score (nSPS) is 36.7. The van der Waals surface area contributed by atoms with Crippen LogP contribution in [0.5, 0.6) is 0 Å². The molecule has 2 heteroatoms. The van der Waals surface area contributed by atoms with E-state index >= 15 is 0 Å². The molecular formula is C7H13ClO. The predicted octanol–water partition coefficient (Wildman–Crippen LogP) is 2.18. The lowest BCUT2D eigenvalue weighted by molar-refractivity contribution is 0.0744. The molecule has 1 aliphatic rings. The lowest BCUT2D eigenvalue weighted by Gasteiger charge is -2.25. The molecule has 0 bridgehead atoms. The maximum atomic E-state index is 5.96. The lowest BCUT2D eigenvalue weighted by Crippen LogP contribution is -2.26. The van der Waals surface area contributed by atoms with Gasteiger partial charge in [0.2, 0.25) is 0 Å². The van der Waals surface area contributed by atoms with Crippen LogP contribution in [-0.4, -0.2) is 18.6 Å². The van der Waals surface area contributed by atoms with Gasteiger partial charge in [-0.1, -0.05) is 12.8 Å². The highest BCUT2D eigenvalue weighted by Crippen LogP contribution is 2.24. The van der Waals surface area contributed by atoms with Gasteiger partial charge in [-0.2, -0.15) is 0 Å². The topological polar surface area (TPSA) is 9.23 Å². The Morgan fingerprint density at radius 1 is 1.33 bits per heavy atom. The van der Waals surface area contributed by atoms with E-state index < -0.39 is 0 Å². The second kappa shape index (κ2) is 3.43. The Balaban J connectivity index is 2.30. The van der Waals surface area contributed by atoms with Crippen molar-refractivity contribution < 1.29 is 4.74 Å². The quantitative estimate of drug-likeness (QED) is 0.518. The van der Waals surface area contributed by atoms with Gasteiger partial charge >= 0.3 is 0 Å². The summed E-state index contributed by atoms with van der Waals surface area (Å²) in [6, 6.07) is 0. The van der Waals surface area contributed by atoms with Crippen molar-refractivity contribution >= 4 is 11.6 Å². The summed E-state index contributed by atoms with van der Waals surface area (Å²) in [5, 5.41) is 0.267. The highest BCUT2D eigenvalue weighted by Gasteiger charge is 2.21. The second-order valence-corrected chi connectivity index (χ2v) is 3.14. The summed E-state index contributed by atoms with van der Waals surface area (Å²) in [5.74, 6) is 0. The molecule has 0 aromatic carbocycles. The minimum Gasteiger partial charge on any atom is -0.380 e. The van der Waals surface area contributed by atoms with Gasteiger partial charge in [0.1, 0.15) is 0 Å². The number of ether oxygens (including phenoxy) is 1. The maximum absolute atomic E-state index is 5.96. The summed E-state index contributed by atoms with van der Waals surface area (Å²) in [7, 11) is 1.74. The average Bonchev–Trinajstić information content (AvgIpc) is 1.89. The minimum atomic E-state index is 0.267. The van der Waals surface area contributed by atoms with Gasteiger partial charge in [0.05, 0.1) is 11.5 Å². The van der Waals surface area contributed by atoms with Crippen LogP contribution >= 0.6 is 11.6 Å². The van der Waals surface area contributed by atoms with Crippen molar-refractivity contribution in [2.45, 2.75) is 37.2 Å². The summed E-state index contributed by atoms with van der Waals surface area (Å²) in [5.41, 5.74) is 0. The van der Waals surface area contributed by atoms with Gasteiger partial charge in [0.15, 0.2) is 0 Å². The van der Waals surface area contributed by atoms with Crippen molar-refractivity contribution in [3.8, 4) is 0 Å². The average molecular weight is 149 g/mol. The third-order valence-electron chi connectivity index (χ3n) is 1.92. The fourth-order valence-corrected chi connectivity index (χ4v) is 1.70. The fraction of sp³-hybridized carbons (Fsp3) is 1.00. The zero-order valence-electron chi connectivity index (χ0n) is 5.77. The van der Waals surface area contributed by atoms with Gasteiger partial charge in [-0.25, -0.2) is 0 Å². The Hall–Kier alpha value is 0.250.